The number of carboxylic acids is 1. The second kappa shape index (κ2) is 6.08. The van der Waals surface area contributed by atoms with Crippen molar-refractivity contribution in [3.63, 3.8) is 0 Å². The third kappa shape index (κ3) is 3.38. The van der Waals surface area contributed by atoms with Crippen molar-refractivity contribution < 1.29 is 19.4 Å². The number of rotatable bonds is 5. The fourth-order valence-corrected chi connectivity index (χ4v) is 1.80. The maximum atomic E-state index is 12.1. The molecular formula is C14H15N3O4. The van der Waals surface area contributed by atoms with Crippen LogP contribution in [0, 0.1) is 0 Å². The van der Waals surface area contributed by atoms with Crippen molar-refractivity contribution in [2.75, 3.05) is 7.11 Å². The number of methoxy groups -OCH3 is 1. The largest absolute Gasteiger partial charge is 0.497 e. The number of nitrogens with one attached hydrogen (secondary N) is 1. The molecule has 7 heteroatoms. The summed E-state index contributed by atoms with van der Waals surface area (Å²) in [4.78, 5) is 27.2. The van der Waals surface area contributed by atoms with Gasteiger partial charge in [0.1, 0.15) is 11.6 Å². The van der Waals surface area contributed by atoms with E-state index < -0.39 is 5.97 Å². The fraction of sp³-hybridized carbons (Fsp3) is 0.214. The lowest BCUT2D eigenvalue weighted by atomic mass is 10.1. The molecule has 0 aliphatic carbocycles. The van der Waals surface area contributed by atoms with E-state index in [2.05, 4.69) is 10.3 Å². The van der Waals surface area contributed by atoms with E-state index in [4.69, 9.17) is 9.84 Å². The molecule has 0 spiro atoms. The Morgan fingerprint density at radius 3 is 2.62 bits per heavy atom. The molecule has 0 atom stereocenters. The summed E-state index contributed by atoms with van der Waals surface area (Å²) in [5.74, 6) is -0.492. The van der Waals surface area contributed by atoms with Gasteiger partial charge in [0.05, 0.1) is 19.2 Å². The second-order valence-corrected chi connectivity index (χ2v) is 4.39. The molecule has 1 aromatic heterocycles. The lowest BCUT2D eigenvalue weighted by molar-refractivity contribution is 0.0696. The average Bonchev–Trinajstić information content (AvgIpc) is 2.89. The Balaban J connectivity index is 2.16. The van der Waals surface area contributed by atoms with E-state index in [0.717, 1.165) is 0 Å². The van der Waals surface area contributed by atoms with Gasteiger partial charge in [0.15, 0.2) is 0 Å². The Hall–Kier alpha value is -2.83. The summed E-state index contributed by atoms with van der Waals surface area (Å²) in [6.45, 7) is 0.252. The first-order chi connectivity index (χ1) is 10.0. The number of hydrogen-bond acceptors (Lipinski definition) is 4. The zero-order chi connectivity index (χ0) is 15.4. The Morgan fingerprint density at radius 1 is 1.33 bits per heavy atom. The molecule has 0 bridgehead atoms. The average molecular weight is 289 g/mol. The van der Waals surface area contributed by atoms with Gasteiger partial charge in [-0.1, -0.05) is 0 Å². The first kappa shape index (κ1) is 14.6. The van der Waals surface area contributed by atoms with Gasteiger partial charge in [0.2, 0.25) is 0 Å². The lowest BCUT2D eigenvalue weighted by Gasteiger charge is -2.08. The highest BCUT2D eigenvalue weighted by atomic mass is 16.5. The van der Waals surface area contributed by atoms with E-state index in [-0.39, 0.29) is 23.6 Å². The number of carbonyl (C=O) groups is 2. The number of aromatic carboxylic acids is 1. The lowest BCUT2D eigenvalue weighted by Crippen LogP contribution is -2.24. The van der Waals surface area contributed by atoms with Crippen molar-refractivity contribution in [3.05, 3.63) is 47.5 Å². The number of aromatic nitrogens is 2. The molecule has 0 radical (unpaired) electrons. The van der Waals surface area contributed by atoms with E-state index in [1.54, 1.807) is 17.0 Å². The minimum absolute atomic E-state index is 0.00325. The smallest absolute Gasteiger partial charge is 0.335 e. The van der Waals surface area contributed by atoms with E-state index in [9.17, 15) is 9.59 Å². The summed E-state index contributed by atoms with van der Waals surface area (Å²) in [5, 5.41) is 11.7. The quantitative estimate of drug-likeness (QED) is 0.858. The van der Waals surface area contributed by atoms with Gasteiger partial charge in [0.25, 0.3) is 5.91 Å². The van der Waals surface area contributed by atoms with Gasteiger partial charge in [-0.3, -0.25) is 4.79 Å². The molecule has 7 nitrogen and oxygen atoms in total. The van der Waals surface area contributed by atoms with E-state index in [1.807, 2.05) is 7.05 Å². The SMILES string of the molecule is COc1cc(C(=O)O)cc(C(=O)NCc2nccn2C)c1. The molecule has 1 heterocycles. The van der Waals surface area contributed by atoms with Gasteiger partial charge < -0.3 is 19.7 Å². The molecule has 0 fully saturated rings. The van der Waals surface area contributed by atoms with Crippen LogP contribution in [0.4, 0.5) is 0 Å². The van der Waals surface area contributed by atoms with Crippen LogP contribution in [-0.2, 0) is 13.6 Å². The van der Waals surface area contributed by atoms with Crippen LogP contribution in [0.2, 0.25) is 0 Å². The Kier molecular flexibility index (Phi) is 4.22. The van der Waals surface area contributed by atoms with Crippen molar-refractivity contribution >= 4 is 11.9 Å². The highest BCUT2D eigenvalue weighted by Crippen LogP contribution is 2.17. The molecule has 21 heavy (non-hydrogen) atoms. The Bertz CT molecular complexity index is 679. The zero-order valence-corrected chi connectivity index (χ0v) is 11.7. The predicted octanol–water partition coefficient (Wildman–Crippen LogP) is 1.06. The maximum absolute atomic E-state index is 12.1. The summed E-state index contributed by atoms with van der Waals surface area (Å²) >= 11 is 0. The van der Waals surface area contributed by atoms with Gasteiger partial charge in [-0.2, -0.15) is 0 Å². The van der Waals surface area contributed by atoms with Gasteiger partial charge >= 0.3 is 5.97 Å². The van der Waals surface area contributed by atoms with Gasteiger partial charge in [-0.15, -0.1) is 0 Å². The standard InChI is InChI=1S/C14H15N3O4/c1-17-4-3-15-12(17)8-16-13(18)9-5-10(14(19)20)7-11(6-9)21-2/h3-7H,8H2,1-2H3,(H,16,18)(H,19,20). The minimum atomic E-state index is -1.12. The molecule has 2 rings (SSSR count). The van der Waals surface area contributed by atoms with Crippen molar-refractivity contribution in [2.24, 2.45) is 7.05 Å². The summed E-state index contributed by atoms with van der Waals surface area (Å²) in [5.41, 5.74) is 0.220. The monoisotopic (exact) mass is 289 g/mol. The fourth-order valence-electron chi connectivity index (χ4n) is 1.80. The second-order valence-electron chi connectivity index (χ2n) is 4.39. The van der Waals surface area contributed by atoms with E-state index >= 15 is 0 Å². The van der Waals surface area contributed by atoms with Gasteiger partial charge in [0, 0.05) is 25.0 Å². The molecule has 110 valence electrons. The molecule has 2 N–H and O–H groups in total. The molecule has 1 aromatic carbocycles. The van der Waals surface area contributed by atoms with Crippen LogP contribution in [-0.4, -0.2) is 33.6 Å². The Labute approximate surface area is 121 Å². The number of carbonyl (C=O) groups excluding carboxylic acids is 1. The predicted molar refractivity (Wildman–Crippen MR) is 74.3 cm³/mol. The summed E-state index contributed by atoms with van der Waals surface area (Å²) < 4.78 is 6.79. The molecule has 2 aromatic rings. The normalized spacial score (nSPS) is 10.2. The van der Waals surface area contributed by atoms with Gasteiger partial charge in [-0.05, 0) is 18.2 Å². The minimum Gasteiger partial charge on any atom is -0.497 e. The summed E-state index contributed by atoms with van der Waals surface area (Å²) in [7, 11) is 3.24. The van der Waals surface area contributed by atoms with Crippen molar-refractivity contribution in [1.82, 2.24) is 14.9 Å². The zero-order valence-electron chi connectivity index (χ0n) is 11.7. The topological polar surface area (TPSA) is 93.4 Å². The highest BCUT2D eigenvalue weighted by Gasteiger charge is 2.13. The summed E-state index contributed by atoms with van der Waals surface area (Å²) in [6, 6.07) is 4.15. The third-order valence-corrected chi connectivity index (χ3v) is 2.98. The maximum Gasteiger partial charge on any atom is 0.335 e. The van der Waals surface area contributed by atoms with Crippen LogP contribution in [0.3, 0.4) is 0 Å². The number of amides is 1. The molecule has 1 amide bonds. The van der Waals surface area contributed by atoms with Crippen LogP contribution < -0.4 is 10.1 Å². The summed E-state index contributed by atoms with van der Waals surface area (Å²) in [6.07, 6.45) is 3.41. The van der Waals surface area contributed by atoms with E-state index in [0.29, 0.717) is 11.6 Å². The number of ether oxygens (including phenoxy) is 1. The molecule has 0 unspecified atom stereocenters. The number of nitrogens with zero attached hydrogens (tertiary/aromatic N) is 2. The first-order valence-electron chi connectivity index (χ1n) is 6.18. The molecule has 0 saturated carbocycles. The number of benzene rings is 1. The van der Waals surface area contributed by atoms with Gasteiger partial charge in [-0.25, -0.2) is 9.78 Å². The van der Waals surface area contributed by atoms with E-state index in [1.165, 1.54) is 25.3 Å². The van der Waals surface area contributed by atoms with Crippen LogP contribution in [0.15, 0.2) is 30.6 Å². The van der Waals surface area contributed by atoms with Crippen LogP contribution in [0.5, 0.6) is 5.75 Å². The number of imidazole rings is 1. The Morgan fingerprint density at radius 2 is 2.05 bits per heavy atom. The number of carboxylic acid groups (broad SMARTS) is 1. The molecular weight excluding hydrogens is 274 g/mol. The van der Waals surface area contributed by atoms with Crippen LogP contribution in [0.1, 0.15) is 26.5 Å². The van der Waals surface area contributed by atoms with Crippen LogP contribution in [0.25, 0.3) is 0 Å². The van der Waals surface area contributed by atoms with Crippen LogP contribution >= 0.6 is 0 Å². The third-order valence-electron chi connectivity index (χ3n) is 2.98. The van der Waals surface area contributed by atoms with Crippen molar-refractivity contribution in [3.8, 4) is 5.75 Å². The number of hydrogen-bond donors (Lipinski definition) is 2. The first-order valence-corrected chi connectivity index (χ1v) is 6.18. The molecule has 0 saturated heterocycles. The van der Waals surface area contributed by atoms with Crippen molar-refractivity contribution in [2.45, 2.75) is 6.54 Å². The highest BCUT2D eigenvalue weighted by molar-refractivity contribution is 5.98. The molecule has 0 aliphatic rings. The molecule has 0 aliphatic heterocycles. The number of aryl methyl sites for hydroxylation is 1. The van der Waals surface area contributed by atoms with Crippen molar-refractivity contribution in [1.29, 1.82) is 0 Å².